The van der Waals surface area contributed by atoms with E-state index in [2.05, 4.69) is 0 Å². The molecule has 0 heterocycles. The van der Waals surface area contributed by atoms with Crippen molar-refractivity contribution in [3.05, 3.63) is 30.1 Å². The molecule has 7 nitrogen and oxygen atoms in total. The molecule has 0 fully saturated rings. The van der Waals surface area contributed by atoms with Gasteiger partial charge in [0.25, 0.3) is 0 Å². The summed E-state index contributed by atoms with van der Waals surface area (Å²) < 4.78 is 56.6. The van der Waals surface area contributed by atoms with E-state index >= 15 is 0 Å². The van der Waals surface area contributed by atoms with Gasteiger partial charge in [-0.25, -0.2) is 4.39 Å². The predicted molar refractivity (Wildman–Crippen MR) is 44.1 cm³/mol. The second-order valence-electron chi connectivity index (χ2n) is 2.38. The molecule has 1 aromatic carbocycles. The third-order valence-electron chi connectivity index (χ3n) is 1.14. The van der Waals surface area contributed by atoms with Crippen molar-refractivity contribution >= 4 is 23.3 Å². The number of hydrogen-bond donors (Lipinski definition) is 0. The van der Waals surface area contributed by atoms with E-state index in [4.69, 9.17) is 17.5 Å². The van der Waals surface area contributed by atoms with Crippen LogP contribution in [0.5, 0.6) is 0 Å². The van der Waals surface area contributed by atoms with E-state index in [-0.39, 0.29) is 27.0 Å². The van der Waals surface area contributed by atoms with Crippen molar-refractivity contribution in [3.63, 3.8) is 0 Å². The molecule has 0 saturated carbocycles. The van der Waals surface area contributed by atoms with E-state index in [1.54, 1.807) is 0 Å². The number of halogens is 1. The molecule has 0 aliphatic rings. The van der Waals surface area contributed by atoms with Crippen LogP contribution in [0, 0.1) is 5.82 Å². The normalized spacial score (nSPS) is 10.9. The molecule has 0 N–H and O–H groups in total. The van der Waals surface area contributed by atoms with Crippen LogP contribution in [0.3, 0.4) is 0 Å². The molecule has 0 spiro atoms. The summed E-state index contributed by atoms with van der Waals surface area (Å²) in [5.74, 6) is -0.567. The SMILES string of the molecule is O=P([O-])([O-])c1ccc(F)cc1.O=S(=O)([O-])[O-].[Ti+4]. The molecule has 1 rings (SSSR count). The van der Waals surface area contributed by atoms with Gasteiger partial charge in [-0.15, -0.1) is 0 Å². The van der Waals surface area contributed by atoms with Gasteiger partial charge in [-0.2, -0.15) is 0 Å². The first-order chi connectivity index (χ1) is 7.00. The van der Waals surface area contributed by atoms with Gasteiger partial charge in [-0.05, 0) is 25.0 Å². The Morgan fingerprint density at radius 1 is 1.06 bits per heavy atom. The monoisotopic (exact) mass is 318 g/mol. The summed E-state index contributed by atoms with van der Waals surface area (Å²) in [5.41, 5.74) is 0. The van der Waals surface area contributed by atoms with Crippen molar-refractivity contribution in [2.75, 3.05) is 0 Å². The van der Waals surface area contributed by atoms with Crippen molar-refractivity contribution in [1.29, 1.82) is 0 Å². The average molecular weight is 318 g/mol. The molecule has 0 aliphatic heterocycles. The zero-order chi connectivity index (χ0) is 13.0. The Labute approximate surface area is 111 Å². The van der Waals surface area contributed by atoms with E-state index in [1.807, 2.05) is 0 Å². The molecule has 0 saturated heterocycles. The third-order valence-corrected chi connectivity index (χ3v) is 2.07. The van der Waals surface area contributed by atoms with Gasteiger partial charge in [0.05, 0.1) is 0 Å². The zero-order valence-electron chi connectivity index (χ0n) is 7.90. The Balaban J connectivity index is 0. The molecule has 0 radical (unpaired) electrons. The van der Waals surface area contributed by atoms with Crippen LogP contribution in [0.25, 0.3) is 0 Å². The van der Waals surface area contributed by atoms with E-state index in [0.717, 1.165) is 24.3 Å². The van der Waals surface area contributed by atoms with Crippen molar-refractivity contribution < 1.29 is 58.0 Å². The van der Waals surface area contributed by atoms with E-state index in [0.29, 0.717) is 0 Å². The molecule has 0 unspecified atom stereocenters. The van der Waals surface area contributed by atoms with Crippen LogP contribution in [-0.4, -0.2) is 17.5 Å². The van der Waals surface area contributed by atoms with Gasteiger partial charge in [-0.1, -0.05) is 12.1 Å². The molecule has 0 aliphatic carbocycles. The van der Waals surface area contributed by atoms with E-state index in [9.17, 15) is 18.7 Å². The molecule has 0 atom stereocenters. The summed E-state index contributed by atoms with van der Waals surface area (Å²) in [6.45, 7) is 0. The zero-order valence-corrected chi connectivity index (χ0v) is 11.2. The Kier molecular flexibility index (Phi) is 8.31. The van der Waals surface area contributed by atoms with Gasteiger partial charge in [0, 0.05) is 10.4 Å². The topological polar surface area (TPSA) is 143 Å². The van der Waals surface area contributed by atoms with Gasteiger partial charge in [0.1, 0.15) is 5.82 Å². The fraction of sp³-hybridized carbons (Fsp3) is 0. The molecule has 11 heteroatoms. The van der Waals surface area contributed by atoms with Crippen LogP contribution >= 0.6 is 7.60 Å². The van der Waals surface area contributed by atoms with Crippen LogP contribution in [0.4, 0.5) is 4.39 Å². The first kappa shape index (κ1) is 19.2. The fourth-order valence-corrected chi connectivity index (χ4v) is 1.14. The summed E-state index contributed by atoms with van der Waals surface area (Å²) in [6, 6.07) is 3.74. The average Bonchev–Trinajstić information content (AvgIpc) is 1.99. The van der Waals surface area contributed by atoms with Crippen molar-refractivity contribution in [2.24, 2.45) is 0 Å². The van der Waals surface area contributed by atoms with Gasteiger partial charge in [0.2, 0.25) is 0 Å². The third kappa shape index (κ3) is 12.1. The van der Waals surface area contributed by atoms with Gasteiger partial charge >= 0.3 is 21.7 Å². The van der Waals surface area contributed by atoms with Gasteiger partial charge < -0.3 is 23.5 Å². The molecule has 0 amide bonds. The predicted octanol–water partition coefficient (Wildman–Crippen LogP) is -1.98. The minimum absolute atomic E-state index is 0. The maximum absolute atomic E-state index is 12.2. The molecule has 17 heavy (non-hydrogen) atoms. The molecule has 0 bridgehead atoms. The first-order valence-electron chi connectivity index (χ1n) is 3.45. The van der Waals surface area contributed by atoms with Crippen LogP contribution < -0.4 is 15.1 Å². The molecule has 1 aromatic rings. The number of hydrogen-bond acceptors (Lipinski definition) is 7. The Hall–Kier alpha value is -0.116. The standard InChI is InChI=1S/C6H6FO3P.H2O4S.Ti/c7-5-1-3-6(4-2-5)11(8,9)10;1-5(2,3)4;/h1-4H,(H2,8,9,10);(H2,1,2,3,4);/q;;+4/p-4. The number of rotatable bonds is 1. The molecular weight excluding hydrogens is 314 g/mol. The Bertz CT molecular complexity index is 474. The first-order valence-corrected chi connectivity index (χ1v) is 6.32. The van der Waals surface area contributed by atoms with Gasteiger partial charge in [0.15, 0.2) is 0 Å². The van der Waals surface area contributed by atoms with Crippen molar-refractivity contribution in [3.8, 4) is 0 Å². The fourth-order valence-electron chi connectivity index (χ4n) is 0.624. The second kappa shape index (κ2) is 7.35. The van der Waals surface area contributed by atoms with Crippen molar-refractivity contribution in [1.82, 2.24) is 0 Å². The summed E-state index contributed by atoms with van der Waals surface area (Å²) in [5, 5.41) is -0.390. The quantitative estimate of drug-likeness (QED) is 0.253. The van der Waals surface area contributed by atoms with Crippen LogP contribution in [-0.2, 0) is 36.7 Å². The van der Waals surface area contributed by atoms with Crippen molar-refractivity contribution in [2.45, 2.75) is 0 Å². The smallest absolute Gasteiger partial charge is 0.807 e. The van der Waals surface area contributed by atoms with E-state index in [1.165, 1.54) is 0 Å². The number of benzene rings is 1. The van der Waals surface area contributed by atoms with Crippen LogP contribution in [0.2, 0.25) is 0 Å². The second-order valence-corrected chi connectivity index (χ2v) is 4.71. The Morgan fingerprint density at radius 2 is 1.35 bits per heavy atom. The van der Waals surface area contributed by atoms with Crippen LogP contribution in [0.1, 0.15) is 0 Å². The maximum Gasteiger partial charge on any atom is 4.00 e. The summed E-state index contributed by atoms with van der Waals surface area (Å²) in [4.78, 5) is 20.6. The minimum atomic E-state index is -5.17. The molecular formula is C6H4FO7PSTi. The van der Waals surface area contributed by atoms with Gasteiger partial charge in [-0.3, -0.25) is 8.42 Å². The summed E-state index contributed by atoms with van der Waals surface area (Å²) in [7, 11) is -9.87. The maximum atomic E-state index is 12.2. The van der Waals surface area contributed by atoms with Crippen LogP contribution in [0.15, 0.2) is 24.3 Å². The Morgan fingerprint density at radius 3 is 1.59 bits per heavy atom. The van der Waals surface area contributed by atoms with E-state index < -0.39 is 23.8 Å². The molecule has 0 aromatic heterocycles. The summed E-state index contributed by atoms with van der Waals surface area (Å²) >= 11 is 0. The summed E-state index contributed by atoms with van der Waals surface area (Å²) in [6.07, 6.45) is 0. The largest absolute Gasteiger partial charge is 4.00 e. The minimum Gasteiger partial charge on any atom is -0.807 e. The molecule has 92 valence electrons.